The number of unbranched alkanes of at least 4 members (excludes halogenated alkanes) is 15. The summed E-state index contributed by atoms with van der Waals surface area (Å²) in [6.45, 7) is 2.51. The van der Waals surface area contributed by atoms with Gasteiger partial charge < -0.3 is 9.47 Å². The SMILES string of the molecule is CCCCCCCCCCCCCCCCCCOC(=O)CCCC(=O)Oc1c(F)c(F)c(F)c(F)c1F. The number of halogens is 5. The maximum absolute atomic E-state index is 13.5. The highest BCUT2D eigenvalue weighted by Crippen LogP contribution is 2.29. The first-order chi connectivity index (χ1) is 18.3. The van der Waals surface area contributed by atoms with Gasteiger partial charge in [0.25, 0.3) is 0 Å². The molecule has 1 aromatic rings. The number of carbonyl (C=O) groups excluding carboxylic acids is 2. The molecule has 0 bridgehead atoms. The molecule has 0 radical (unpaired) electrons. The Bertz CT molecular complexity index is 803. The smallest absolute Gasteiger partial charge is 0.311 e. The summed E-state index contributed by atoms with van der Waals surface area (Å²) in [4.78, 5) is 23.4. The van der Waals surface area contributed by atoms with Gasteiger partial charge in [-0.15, -0.1) is 0 Å². The third kappa shape index (κ3) is 14.1. The molecular formula is C29H43F5O4. The van der Waals surface area contributed by atoms with Crippen molar-refractivity contribution in [3.8, 4) is 5.75 Å². The molecule has 38 heavy (non-hydrogen) atoms. The molecule has 0 amide bonds. The van der Waals surface area contributed by atoms with E-state index >= 15 is 0 Å². The van der Waals surface area contributed by atoms with Gasteiger partial charge >= 0.3 is 11.9 Å². The van der Waals surface area contributed by atoms with Gasteiger partial charge in [-0.2, -0.15) is 8.78 Å². The van der Waals surface area contributed by atoms with Crippen LogP contribution >= 0.6 is 0 Å². The molecule has 0 saturated carbocycles. The Morgan fingerprint density at radius 3 is 1.32 bits per heavy atom. The lowest BCUT2D eigenvalue weighted by molar-refractivity contribution is -0.144. The number of carbonyl (C=O) groups is 2. The minimum absolute atomic E-state index is 0.0496. The number of esters is 2. The van der Waals surface area contributed by atoms with E-state index in [4.69, 9.17) is 4.74 Å². The van der Waals surface area contributed by atoms with E-state index in [1.807, 2.05) is 0 Å². The van der Waals surface area contributed by atoms with Crippen LogP contribution in [0.3, 0.4) is 0 Å². The fraction of sp³-hybridized carbons (Fsp3) is 0.724. The predicted molar refractivity (Wildman–Crippen MR) is 136 cm³/mol. The van der Waals surface area contributed by atoms with Crippen LogP contribution < -0.4 is 4.74 Å². The molecule has 0 atom stereocenters. The average Bonchev–Trinajstić information content (AvgIpc) is 2.90. The van der Waals surface area contributed by atoms with E-state index in [1.165, 1.54) is 77.0 Å². The van der Waals surface area contributed by atoms with Crippen molar-refractivity contribution in [2.24, 2.45) is 0 Å². The zero-order chi connectivity index (χ0) is 28.2. The van der Waals surface area contributed by atoms with Crippen LogP contribution in [0.15, 0.2) is 0 Å². The molecule has 218 valence electrons. The summed E-state index contributed by atoms with van der Waals surface area (Å²) >= 11 is 0. The molecule has 4 nitrogen and oxygen atoms in total. The molecular weight excluding hydrogens is 507 g/mol. The van der Waals surface area contributed by atoms with Gasteiger partial charge in [0.1, 0.15) is 0 Å². The quantitative estimate of drug-likeness (QED) is 0.0361. The van der Waals surface area contributed by atoms with E-state index in [1.54, 1.807) is 0 Å². The number of ether oxygens (including phenoxy) is 2. The van der Waals surface area contributed by atoms with Gasteiger partial charge in [0.15, 0.2) is 0 Å². The fourth-order valence-corrected chi connectivity index (χ4v) is 4.12. The molecule has 9 heteroatoms. The average molecular weight is 551 g/mol. The minimum Gasteiger partial charge on any atom is -0.466 e. The highest BCUT2D eigenvalue weighted by molar-refractivity contribution is 5.74. The van der Waals surface area contributed by atoms with E-state index in [9.17, 15) is 31.5 Å². The Kier molecular flexibility index (Phi) is 18.5. The predicted octanol–water partition coefficient (Wildman–Crippen LogP) is 9.26. The van der Waals surface area contributed by atoms with Crippen LogP contribution in [0.1, 0.15) is 129 Å². The first-order valence-corrected chi connectivity index (χ1v) is 14.2. The van der Waals surface area contributed by atoms with Crippen LogP contribution in [0, 0.1) is 29.1 Å². The zero-order valence-corrected chi connectivity index (χ0v) is 22.7. The van der Waals surface area contributed by atoms with Crippen molar-refractivity contribution in [3.63, 3.8) is 0 Å². The summed E-state index contributed by atoms with van der Waals surface area (Å²) in [7, 11) is 0. The summed E-state index contributed by atoms with van der Waals surface area (Å²) in [6, 6.07) is 0. The third-order valence-electron chi connectivity index (χ3n) is 6.41. The van der Waals surface area contributed by atoms with Crippen LogP contribution in [-0.2, 0) is 14.3 Å². The van der Waals surface area contributed by atoms with Crippen LogP contribution in [0.5, 0.6) is 5.75 Å². The standard InChI is InChI=1S/C29H43F5O4/c1-2-3-4-5-6-7-8-9-10-11-12-13-14-15-16-17-21-37-22(35)19-18-20-23(36)38-29-27(33)25(31)24(30)26(32)28(29)34/h2-21H2,1H3. The highest BCUT2D eigenvalue weighted by atomic mass is 19.2. The van der Waals surface area contributed by atoms with E-state index in [0.29, 0.717) is 0 Å². The van der Waals surface area contributed by atoms with Crippen LogP contribution in [-0.4, -0.2) is 18.5 Å². The van der Waals surface area contributed by atoms with Gasteiger partial charge in [-0.3, -0.25) is 9.59 Å². The Balaban J connectivity index is 1.97. The van der Waals surface area contributed by atoms with Crippen molar-refractivity contribution in [1.82, 2.24) is 0 Å². The minimum atomic E-state index is -2.34. The topological polar surface area (TPSA) is 52.6 Å². The van der Waals surface area contributed by atoms with Gasteiger partial charge in [0.05, 0.1) is 6.61 Å². The first-order valence-electron chi connectivity index (χ1n) is 14.2. The van der Waals surface area contributed by atoms with Crippen molar-refractivity contribution < 1.29 is 41.0 Å². The lowest BCUT2D eigenvalue weighted by Crippen LogP contribution is -2.14. The van der Waals surface area contributed by atoms with Crippen LogP contribution in [0.4, 0.5) is 22.0 Å². The molecule has 0 saturated heterocycles. The van der Waals surface area contributed by atoms with E-state index < -0.39 is 53.2 Å². The van der Waals surface area contributed by atoms with Crippen molar-refractivity contribution in [2.75, 3.05) is 6.61 Å². The summed E-state index contributed by atoms with van der Waals surface area (Å²) in [5, 5.41) is 0. The van der Waals surface area contributed by atoms with Crippen molar-refractivity contribution >= 4 is 11.9 Å². The monoisotopic (exact) mass is 550 g/mol. The van der Waals surface area contributed by atoms with Crippen molar-refractivity contribution in [3.05, 3.63) is 29.1 Å². The normalized spacial score (nSPS) is 11.1. The van der Waals surface area contributed by atoms with E-state index in [-0.39, 0.29) is 19.4 Å². The van der Waals surface area contributed by atoms with Gasteiger partial charge in [0.2, 0.25) is 34.8 Å². The van der Waals surface area contributed by atoms with Crippen LogP contribution in [0.25, 0.3) is 0 Å². The second-order valence-corrected chi connectivity index (χ2v) is 9.75. The number of benzene rings is 1. The second-order valence-electron chi connectivity index (χ2n) is 9.75. The Morgan fingerprint density at radius 2 is 0.868 bits per heavy atom. The summed E-state index contributed by atoms with van der Waals surface area (Å²) < 4.78 is 75.8. The maximum Gasteiger partial charge on any atom is 0.311 e. The molecule has 0 aromatic heterocycles. The lowest BCUT2D eigenvalue weighted by Gasteiger charge is -2.09. The maximum atomic E-state index is 13.5. The highest BCUT2D eigenvalue weighted by Gasteiger charge is 2.28. The van der Waals surface area contributed by atoms with Crippen LogP contribution in [0.2, 0.25) is 0 Å². The molecule has 1 aromatic carbocycles. The van der Waals surface area contributed by atoms with Gasteiger partial charge in [-0.25, -0.2) is 13.2 Å². The van der Waals surface area contributed by atoms with E-state index in [0.717, 1.165) is 25.7 Å². The summed E-state index contributed by atoms with van der Waals surface area (Å²) in [5.41, 5.74) is 0. The molecule has 0 fully saturated rings. The van der Waals surface area contributed by atoms with Gasteiger partial charge in [0, 0.05) is 12.8 Å². The molecule has 0 unspecified atom stereocenters. The third-order valence-corrected chi connectivity index (χ3v) is 6.41. The molecule has 0 heterocycles. The number of hydrogen-bond donors (Lipinski definition) is 0. The van der Waals surface area contributed by atoms with Crippen molar-refractivity contribution in [1.29, 1.82) is 0 Å². The molecule has 0 N–H and O–H groups in total. The number of hydrogen-bond acceptors (Lipinski definition) is 4. The van der Waals surface area contributed by atoms with Crippen molar-refractivity contribution in [2.45, 2.75) is 129 Å². The number of rotatable bonds is 22. The molecule has 0 aliphatic carbocycles. The van der Waals surface area contributed by atoms with Gasteiger partial charge in [-0.05, 0) is 12.8 Å². The largest absolute Gasteiger partial charge is 0.466 e. The molecule has 0 spiro atoms. The Labute approximate surface area is 223 Å². The molecule has 0 aliphatic heterocycles. The first kappa shape index (κ1) is 33.8. The molecule has 0 aliphatic rings. The fourth-order valence-electron chi connectivity index (χ4n) is 4.12. The summed E-state index contributed by atoms with van der Waals surface area (Å²) in [6.07, 6.45) is 19.3. The lowest BCUT2D eigenvalue weighted by atomic mass is 10.0. The zero-order valence-electron chi connectivity index (χ0n) is 22.7. The second kappa shape index (κ2) is 20.7. The Hall–Kier alpha value is -2.19. The Morgan fingerprint density at radius 1 is 0.500 bits per heavy atom. The van der Waals surface area contributed by atoms with E-state index in [2.05, 4.69) is 11.7 Å². The molecule has 1 rings (SSSR count). The van der Waals surface area contributed by atoms with Gasteiger partial charge in [-0.1, -0.05) is 103 Å². The summed E-state index contributed by atoms with van der Waals surface area (Å²) in [5.74, 6) is -14.6.